The van der Waals surface area contributed by atoms with Crippen molar-refractivity contribution in [2.24, 2.45) is 0 Å². The van der Waals surface area contributed by atoms with E-state index in [-0.39, 0.29) is 5.75 Å². The summed E-state index contributed by atoms with van der Waals surface area (Å²) in [7, 11) is 1.61. The number of aromatic nitrogens is 1. The van der Waals surface area contributed by atoms with E-state index in [1.165, 1.54) is 0 Å². The SMILES string of the molecule is CCCc1cc(-c2nocc2-c2ccccc2)c(O)cc1OC. The van der Waals surface area contributed by atoms with Crippen LogP contribution in [0.3, 0.4) is 0 Å². The molecule has 2 aromatic carbocycles. The maximum absolute atomic E-state index is 10.4. The Bertz CT molecular complexity index is 794. The van der Waals surface area contributed by atoms with E-state index in [4.69, 9.17) is 9.26 Å². The molecule has 0 radical (unpaired) electrons. The lowest BCUT2D eigenvalue weighted by molar-refractivity contribution is 0.402. The lowest BCUT2D eigenvalue weighted by atomic mass is 9.98. The van der Waals surface area contributed by atoms with Gasteiger partial charge in [-0.05, 0) is 23.6 Å². The molecule has 0 atom stereocenters. The van der Waals surface area contributed by atoms with E-state index >= 15 is 0 Å². The molecule has 1 N–H and O–H groups in total. The van der Waals surface area contributed by atoms with Gasteiger partial charge >= 0.3 is 0 Å². The predicted octanol–water partition coefficient (Wildman–Crippen LogP) is 4.68. The van der Waals surface area contributed by atoms with Gasteiger partial charge in [0, 0.05) is 17.2 Å². The molecular weight excluding hydrogens is 290 g/mol. The Morgan fingerprint density at radius 3 is 2.61 bits per heavy atom. The fourth-order valence-corrected chi connectivity index (χ4v) is 2.71. The summed E-state index contributed by atoms with van der Waals surface area (Å²) in [6.07, 6.45) is 3.47. The molecule has 4 heteroatoms. The monoisotopic (exact) mass is 309 g/mol. The topological polar surface area (TPSA) is 55.5 Å². The van der Waals surface area contributed by atoms with Crippen molar-refractivity contribution >= 4 is 0 Å². The molecule has 0 fully saturated rings. The van der Waals surface area contributed by atoms with E-state index in [9.17, 15) is 5.11 Å². The summed E-state index contributed by atoms with van der Waals surface area (Å²) in [5, 5.41) is 14.5. The first-order chi connectivity index (χ1) is 11.2. The molecular formula is C19H19NO3. The molecule has 118 valence electrons. The molecule has 1 heterocycles. The van der Waals surface area contributed by atoms with Crippen LogP contribution in [0.15, 0.2) is 53.3 Å². The van der Waals surface area contributed by atoms with Gasteiger partial charge in [0.1, 0.15) is 23.5 Å². The fraction of sp³-hybridized carbons (Fsp3) is 0.211. The van der Waals surface area contributed by atoms with Crippen molar-refractivity contribution in [1.29, 1.82) is 0 Å². The molecule has 23 heavy (non-hydrogen) atoms. The highest BCUT2D eigenvalue weighted by atomic mass is 16.5. The Hall–Kier alpha value is -2.75. The summed E-state index contributed by atoms with van der Waals surface area (Å²) in [6.45, 7) is 2.11. The van der Waals surface area contributed by atoms with E-state index in [1.54, 1.807) is 19.4 Å². The number of rotatable bonds is 5. The van der Waals surface area contributed by atoms with E-state index < -0.39 is 0 Å². The number of nitrogens with zero attached hydrogens (tertiary/aromatic N) is 1. The molecule has 0 aliphatic heterocycles. The number of methoxy groups -OCH3 is 1. The lowest BCUT2D eigenvalue weighted by Gasteiger charge is -2.12. The van der Waals surface area contributed by atoms with Crippen molar-refractivity contribution in [2.45, 2.75) is 19.8 Å². The van der Waals surface area contributed by atoms with Crippen LogP contribution in [0.5, 0.6) is 11.5 Å². The van der Waals surface area contributed by atoms with Gasteiger partial charge in [-0.15, -0.1) is 0 Å². The Morgan fingerprint density at radius 1 is 1.13 bits per heavy atom. The van der Waals surface area contributed by atoms with Crippen molar-refractivity contribution in [3.63, 3.8) is 0 Å². The molecule has 0 amide bonds. The Morgan fingerprint density at radius 2 is 1.91 bits per heavy atom. The van der Waals surface area contributed by atoms with Crippen LogP contribution >= 0.6 is 0 Å². The maximum atomic E-state index is 10.4. The van der Waals surface area contributed by atoms with Crippen LogP contribution in [0.4, 0.5) is 0 Å². The second kappa shape index (κ2) is 6.57. The van der Waals surface area contributed by atoms with Gasteiger partial charge in [-0.25, -0.2) is 0 Å². The number of aryl methyl sites for hydroxylation is 1. The lowest BCUT2D eigenvalue weighted by Crippen LogP contribution is -1.94. The number of benzene rings is 2. The molecule has 1 aromatic heterocycles. The van der Waals surface area contributed by atoms with Crippen LogP contribution in [-0.2, 0) is 6.42 Å². The molecule has 3 aromatic rings. The van der Waals surface area contributed by atoms with E-state index in [2.05, 4.69) is 12.1 Å². The number of hydrogen-bond donors (Lipinski definition) is 1. The third-order valence-electron chi connectivity index (χ3n) is 3.83. The highest BCUT2D eigenvalue weighted by Gasteiger charge is 2.18. The van der Waals surface area contributed by atoms with Crippen molar-refractivity contribution in [3.05, 3.63) is 54.3 Å². The summed E-state index contributed by atoms with van der Waals surface area (Å²) in [4.78, 5) is 0. The third kappa shape index (κ3) is 2.93. The van der Waals surface area contributed by atoms with Gasteiger partial charge in [0.05, 0.1) is 7.11 Å². The number of ether oxygens (including phenoxy) is 1. The molecule has 0 aliphatic rings. The zero-order valence-corrected chi connectivity index (χ0v) is 13.2. The summed E-state index contributed by atoms with van der Waals surface area (Å²) in [6, 6.07) is 13.4. The first-order valence-corrected chi connectivity index (χ1v) is 7.64. The molecule has 0 aliphatic carbocycles. The molecule has 0 saturated heterocycles. The van der Waals surface area contributed by atoms with Crippen LogP contribution in [0.1, 0.15) is 18.9 Å². The Labute approximate surface area is 135 Å². The molecule has 3 rings (SSSR count). The fourth-order valence-electron chi connectivity index (χ4n) is 2.71. The number of hydrogen-bond acceptors (Lipinski definition) is 4. The van der Waals surface area contributed by atoms with Gasteiger partial charge < -0.3 is 14.4 Å². The van der Waals surface area contributed by atoms with Crippen molar-refractivity contribution < 1.29 is 14.4 Å². The zero-order valence-electron chi connectivity index (χ0n) is 13.2. The van der Waals surface area contributed by atoms with Gasteiger partial charge in [-0.3, -0.25) is 0 Å². The first-order valence-electron chi connectivity index (χ1n) is 7.64. The van der Waals surface area contributed by atoms with E-state index in [0.717, 1.165) is 29.5 Å². The smallest absolute Gasteiger partial charge is 0.132 e. The summed E-state index contributed by atoms with van der Waals surface area (Å²) < 4.78 is 10.5. The van der Waals surface area contributed by atoms with Gasteiger partial charge in [0.2, 0.25) is 0 Å². The normalized spacial score (nSPS) is 10.7. The first kappa shape index (κ1) is 15.2. The summed E-state index contributed by atoms with van der Waals surface area (Å²) >= 11 is 0. The molecule has 0 bridgehead atoms. The van der Waals surface area contributed by atoms with Crippen LogP contribution in [0.25, 0.3) is 22.4 Å². The van der Waals surface area contributed by atoms with Gasteiger partial charge in [0.25, 0.3) is 0 Å². The number of phenols is 1. The minimum absolute atomic E-state index is 0.132. The molecule has 4 nitrogen and oxygen atoms in total. The standard InChI is InChI=1S/C19H19NO3/c1-3-7-14-10-15(17(21)11-18(14)22-2)19-16(12-23-20-19)13-8-5-4-6-9-13/h4-6,8-12,21H,3,7H2,1-2H3. The maximum Gasteiger partial charge on any atom is 0.132 e. The molecule has 0 spiro atoms. The number of aromatic hydroxyl groups is 1. The molecule has 0 unspecified atom stereocenters. The van der Waals surface area contributed by atoms with Crippen molar-refractivity contribution in [1.82, 2.24) is 5.16 Å². The highest BCUT2D eigenvalue weighted by molar-refractivity contribution is 5.83. The average Bonchev–Trinajstić information content (AvgIpc) is 3.06. The number of phenolic OH excluding ortho intramolecular Hbond substituents is 1. The highest BCUT2D eigenvalue weighted by Crippen LogP contribution is 2.39. The minimum atomic E-state index is 0.132. The van der Waals surface area contributed by atoms with E-state index in [1.807, 2.05) is 36.4 Å². The van der Waals surface area contributed by atoms with Crippen molar-refractivity contribution in [3.8, 4) is 33.9 Å². The van der Waals surface area contributed by atoms with Crippen LogP contribution in [-0.4, -0.2) is 17.4 Å². The molecule has 0 saturated carbocycles. The van der Waals surface area contributed by atoms with Crippen LogP contribution in [0.2, 0.25) is 0 Å². The third-order valence-corrected chi connectivity index (χ3v) is 3.83. The van der Waals surface area contributed by atoms with Crippen molar-refractivity contribution in [2.75, 3.05) is 7.11 Å². The van der Waals surface area contributed by atoms with Gasteiger partial charge in [0.15, 0.2) is 0 Å². The zero-order chi connectivity index (χ0) is 16.2. The van der Waals surface area contributed by atoms with Crippen LogP contribution < -0.4 is 4.74 Å². The Balaban J connectivity index is 2.13. The van der Waals surface area contributed by atoms with Gasteiger partial charge in [-0.2, -0.15) is 0 Å². The predicted molar refractivity (Wildman–Crippen MR) is 89.6 cm³/mol. The second-order valence-corrected chi connectivity index (χ2v) is 5.37. The quantitative estimate of drug-likeness (QED) is 0.743. The Kier molecular flexibility index (Phi) is 4.33. The average molecular weight is 309 g/mol. The van der Waals surface area contributed by atoms with Crippen LogP contribution in [0, 0.1) is 0 Å². The second-order valence-electron chi connectivity index (χ2n) is 5.37. The largest absolute Gasteiger partial charge is 0.507 e. The summed E-state index contributed by atoms with van der Waals surface area (Å²) in [5.41, 5.74) is 4.19. The van der Waals surface area contributed by atoms with Gasteiger partial charge in [-0.1, -0.05) is 48.8 Å². The minimum Gasteiger partial charge on any atom is -0.507 e. The summed E-state index contributed by atoms with van der Waals surface area (Å²) in [5.74, 6) is 0.825. The van der Waals surface area contributed by atoms with E-state index in [0.29, 0.717) is 17.0 Å².